The van der Waals surface area contributed by atoms with Crippen molar-refractivity contribution in [1.29, 1.82) is 0 Å². The number of imidazole rings is 1. The van der Waals surface area contributed by atoms with E-state index in [2.05, 4.69) is 38.0 Å². The maximum atomic E-state index is 13.4. The molecular weight excluding hydrogens is 353 g/mol. The van der Waals surface area contributed by atoms with Crippen molar-refractivity contribution in [3.63, 3.8) is 0 Å². The van der Waals surface area contributed by atoms with E-state index in [9.17, 15) is 4.39 Å². The number of hydrogen-bond acceptors (Lipinski definition) is 4. The molecule has 0 unspecified atom stereocenters. The summed E-state index contributed by atoms with van der Waals surface area (Å²) in [5.74, 6) is 0.295. The van der Waals surface area contributed by atoms with Gasteiger partial charge in [0.05, 0.1) is 17.1 Å². The number of fused-ring (bicyclic) bond motifs is 1. The predicted octanol–water partition coefficient (Wildman–Crippen LogP) is 4.06. The van der Waals surface area contributed by atoms with E-state index in [1.165, 1.54) is 24.0 Å². The molecular formula is C22H20FN5. The van der Waals surface area contributed by atoms with Crippen LogP contribution in [0.5, 0.6) is 0 Å². The second-order valence-corrected chi connectivity index (χ2v) is 7.12. The monoisotopic (exact) mass is 373 g/mol. The molecule has 0 amide bonds. The third-order valence-corrected chi connectivity index (χ3v) is 5.40. The average Bonchev–Trinajstić information content (AvgIpc) is 3.14. The van der Waals surface area contributed by atoms with Gasteiger partial charge in [0.25, 0.3) is 0 Å². The lowest BCUT2D eigenvalue weighted by Gasteiger charge is -2.22. The predicted molar refractivity (Wildman–Crippen MR) is 106 cm³/mol. The third kappa shape index (κ3) is 3.05. The molecule has 4 heterocycles. The van der Waals surface area contributed by atoms with Gasteiger partial charge in [-0.1, -0.05) is 0 Å². The van der Waals surface area contributed by atoms with E-state index in [-0.39, 0.29) is 5.82 Å². The van der Waals surface area contributed by atoms with Crippen molar-refractivity contribution in [3.05, 3.63) is 72.6 Å². The highest BCUT2D eigenvalue weighted by Crippen LogP contribution is 2.33. The second kappa shape index (κ2) is 7.13. The normalized spacial score (nSPS) is 15.2. The molecule has 0 radical (unpaired) electrons. The number of halogens is 1. The molecule has 28 heavy (non-hydrogen) atoms. The molecule has 1 fully saturated rings. The topological polar surface area (TPSA) is 55.1 Å². The summed E-state index contributed by atoms with van der Waals surface area (Å²) >= 11 is 0. The number of benzene rings is 1. The van der Waals surface area contributed by atoms with Gasteiger partial charge in [0.2, 0.25) is 0 Å². The number of pyridine rings is 1. The molecule has 1 aliphatic rings. The Labute approximate surface area is 162 Å². The number of rotatable bonds is 3. The Morgan fingerprint density at radius 2 is 1.86 bits per heavy atom. The molecule has 3 aromatic heterocycles. The molecule has 1 saturated heterocycles. The molecule has 5 nitrogen and oxygen atoms in total. The molecule has 6 heteroatoms. The summed E-state index contributed by atoms with van der Waals surface area (Å²) in [5.41, 5.74) is 5.53. The summed E-state index contributed by atoms with van der Waals surface area (Å²) in [6, 6.07) is 12.7. The molecule has 0 bridgehead atoms. The number of hydrogen-bond donors (Lipinski definition) is 1. The molecule has 0 aliphatic carbocycles. The molecule has 1 N–H and O–H groups in total. The number of nitrogens with zero attached hydrogens (tertiary/aromatic N) is 4. The minimum absolute atomic E-state index is 0.260. The van der Waals surface area contributed by atoms with Gasteiger partial charge in [-0.25, -0.2) is 19.3 Å². The first-order valence-corrected chi connectivity index (χ1v) is 9.54. The summed E-state index contributed by atoms with van der Waals surface area (Å²) < 4.78 is 15.5. The summed E-state index contributed by atoms with van der Waals surface area (Å²) in [6.45, 7) is 2.11. The average molecular weight is 373 g/mol. The van der Waals surface area contributed by atoms with Gasteiger partial charge in [-0.15, -0.1) is 0 Å². The summed E-state index contributed by atoms with van der Waals surface area (Å²) in [4.78, 5) is 13.4. The maximum Gasteiger partial charge on any atom is 0.138 e. The fraction of sp³-hybridized carbons (Fsp3) is 0.227. The molecule has 4 aromatic rings. The van der Waals surface area contributed by atoms with Crippen LogP contribution < -0.4 is 5.32 Å². The third-order valence-electron chi connectivity index (χ3n) is 5.40. The quantitative estimate of drug-likeness (QED) is 0.588. The van der Waals surface area contributed by atoms with Crippen molar-refractivity contribution >= 4 is 5.65 Å². The number of nitrogens with one attached hydrogen (secondary N) is 1. The van der Waals surface area contributed by atoms with Crippen LogP contribution >= 0.6 is 0 Å². The van der Waals surface area contributed by atoms with Crippen molar-refractivity contribution in [2.45, 2.75) is 18.8 Å². The van der Waals surface area contributed by atoms with E-state index < -0.39 is 0 Å². The van der Waals surface area contributed by atoms with E-state index in [4.69, 9.17) is 4.98 Å². The molecule has 0 saturated carbocycles. The van der Waals surface area contributed by atoms with Crippen LogP contribution in [-0.2, 0) is 0 Å². The summed E-state index contributed by atoms with van der Waals surface area (Å²) in [7, 11) is 0. The van der Waals surface area contributed by atoms with Crippen LogP contribution in [0.15, 0.2) is 61.2 Å². The Kier molecular flexibility index (Phi) is 4.33. The van der Waals surface area contributed by atoms with Crippen molar-refractivity contribution in [1.82, 2.24) is 24.7 Å². The number of aromatic nitrogens is 4. The highest BCUT2D eigenvalue weighted by Gasteiger charge is 2.20. The van der Waals surface area contributed by atoms with E-state index >= 15 is 0 Å². The van der Waals surface area contributed by atoms with Gasteiger partial charge < -0.3 is 5.32 Å². The molecule has 5 rings (SSSR count). The summed E-state index contributed by atoms with van der Waals surface area (Å²) in [5, 5.41) is 3.42. The lowest BCUT2D eigenvalue weighted by atomic mass is 9.91. The van der Waals surface area contributed by atoms with Crippen LogP contribution in [0.2, 0.25) is 0 Å². The SMILES string of the molecule is Fc1ccc(-c2nc3cc(C4CCNCC4)ccn3c2-c2ccncn2)cc1. The standard InChI is InChI=1S/C22H20FN5/c23-18-3-1-16(2-4-18)21-22(19-7-11-25-14-26-19)28-12-8-17(13-20(28)27-21)15-5-9-24-10-6-15/h1-4,7-8,11-15,24H,5-6,9-10H2. The Balaban J connectivity index is 1.69. The van der Waals surface area contributed by atoms with Crippen LogP contribution in [0.25, 0.3) is 28.3 Å². The Morgan fingerprint density at radius 3 is 2.61 bits per heavy atom. The second-order valence-electron chi connectivity index (χ2n) is 7.12. The molecule has 0 spiro atoms. The van der Waals surface area contributed by atoms with E-state index in [0.717, 1.165) is 54.2 Å². The first-order valence-electron chi connectivity index (χ1n) is 9.54. The zero-order valence-corrected chi connectivity index (χ0v) is 15.3. The highest BCUT2D eigenvalue weighted by molar-refractivity contribution is 5.80. The fourth-order valence-electron chi connectivity index (χ4n) is 3.95. The van der Waals surface area contributed by atoms with Gasteiger partial charge >= 0.3 is 0 Å². The van der Waals surface area contributed by atoms with Crippen LogP contribution in [-0.4, -0.2) is 32.4 Å². The summed E-state index contributed by atoms with van der Waals surface area (Å²) in [6.07, 6.45) is 7.61. The van der Waals surface area contributed by atoms with Gasteiger partial charge in [0.15, 0.2) is 0 Å². The van der Waals surface area contributed by atoms with Crippen LogP contribution in [0, 0.1) is 5.82 Å². The van der Waals surface area contributed by atoms with Crippen LogP contribution in [0.3, 0.4) is 0 Å². The first kappa shape index (κ1) is 17.0. The van der Waals surface area contributed by atoms with Crippen molar-refractivity contribution in [2.75, 3.05) is 13.1 Å². The van der Waals surface area contributed by atoms with Gasteiger partial charge in [0, 0.05) is 18.0 Å². The fourth-order valence-corrected chi connectivity index (χ4v) is 3.95. The highest BCUT2D eigenvalue weighted by atomic mass is 19.1. The zero-order valence-electron chi connectivity index (χ0n) is 15.3. The Bertz CT molecular complexity index is 1100. The minimum atomic E-state index is -0.260. The zero-order chi connectivity index (χ0) is 18.9. The minimum Gasteiger partial charge on any atom is -0.317 e. The lowest BCUT2D eigenvalue weighted by molar-refractivity contribution is 0.460. The van der Waals surface area contributed by atoms with Gasteiger partial charge in [-0.2, -0.15) is 0 Å². The van der Waals surface area contributed by atoms with Gasteiger partial charge in [-0.3, -0.25) is 4.40 Å². The van der Waals surface area contributed by atoms with E-state index in [0.29, 0.717) is 5.92 Å². The molecule has 0 atom stereocenters. The van der Waals surface area contributed by atoms with Crippen molar-refractivity contribution < 1.29 is 4.39 Å². The molecule has 1 aromatic carbocycles. The van der Waals surface area contributed by atoms with Gasteiger partial charge in [0.1, 0.15) is 17.8 Å². The van der Waals surface area contributed by atoms with Crippen LogP contribution in [0.1, 0.15) is 24.3 Å². The Hall–Kier alpha value is -3.12. The van der Waals surface area contributed by atoms with Gasteiger partial charge in [-0.05, 0) is 79.9 Å². The smallest absolute Gasteiger partial charge is 0.138 e. The van der Waals surface area contributed by atoms with Crippen molar-refractivity contribution in [2.24, 2.45) is 0 Å². The van der Waals surface area contributed by atoms with Crippen LogP contribution in [0.4, 0.5) is 4.39 Å². The Morgan fingerprint density at radius 1 is 1.04 bits per heavy atom. The van der Waals surface area contributed by atoms with E-state index in [1.54, 1.807) is 18.3 Å². The number of piperidine rings is 1. The lowest BCUT2D eigenvalue weighted by Crippen LogP contribution is -2.26. The largest absolute Gasteiger partial charge is 0.317 e. The first-order chi connectivity index (χ1) is 13.8. The van der Waals surface area contributed by atoms with E-state index in [1.807, 2.05) is 6.07 Å². The maximum absolute atomic E-state index is 13.4. The molecule has 140 valence electrons. The van der Waals surface area contributed by atoms with Crippen molar-refractivity contribution in [3.8, 4) is 22.6 Å². The molecule has 1 aliphatic heterocycles.